The van der Waals surface area contributed by atoms with Gasteiger partial charge in [-0.25, -0.2) is 0 Å². The number of pyridine rings is 1. The molecule has 9 heteroatoms. The van der Waals surface area contributed by atoms with Crippen LogP contribution in [0.2, 0.25) is 0 Å². The van der Waals surface area contributed by atoms with Gasteiger partial charge < -0.3 is 19.8 Å². The summed E-state index contributed by atoms with van der Waals surface area (Å²) in [6.45, 7) is 2.96. The van der Waals surface area contributed by atoms with E-state index < -0.39 is 22.8 Å². The van der Waals surface area contributed by atoms with Gasteiger partial charge in [-0.3, -0.25) is 14.5 Å². The summed E-state index contributed by atoms with van der Waals surface area (Å²) in [5.74, 6) is -0.658. The largest absolute Gasteiger partial charge is 0.474 e. The smallest absolute Gasteiger partial charge is 0.366 e. The summed E-state index contributed by atoms with van der Waals surface area (Å²) in [7, 11) is 0. The summed E-state index contributed by atoms with van der Waals surface area (Å²) < 4.78 is 5.56. The lowest BCUT2D eigenvalue weighted by molar-refractivity contribution is -0.389. The van der Waals surface area contributed by atoms with Crippen LogP contribution in [0.4, 0.5) is 11.6 Å². The maximum atomic E-state index is 12.6. The van der Waals surface area contributed by atoms with E-state index in [1.165, 1.54) is 17.0 Å². The summed E-state index contributed by atoms with van der Waals surface area (Å²) in [5, 5.41) is 11.0. The van der Waals surface area contributed by atoms with E-state index in [-0.39, 0.29) is 24.0 Å². The summed E-state index contributed by atoms with van der Waals surface area (Å²) in [4.78, 5) is 42.1. The molecule has 1 aromatic heterocycles. The predicted octanol–water partition coefficient (Wildman–Crippen LogP) is 1.12. The number of hydrogen-bond acceptors (Lipinski definition) is 6. The predicted molar refractivity (Wildman–Crippen MR) is 83.8 cm³/mol. The minimum Gasteiger partial charge on any atom is -0.474 e. The average molecular weight is 334 g/mol. The van der Waals surface area contributed by atoms with Crippen LogP contribution in [0.1, 0.15) is 26.2 Å². The van der Waals surface area contributed by atoms with Gasteiger partial charge in [-0.1, -0.05) is 6.92 Å². The van der Waals surface area contributed by atoms with Crippen LogP contribution in [0.15, 0.2) is 12.1 Å². The van der Waals surface area contributed by atoms with Crippen LogP contribution in [0.25, 0.3) is 0 Å². The SMILES string of the molecule is CCC1Oc2ccc([N+](=O)[O-])nc2N(CC(=O)N2CCCC2)C1=O. The topological polar surface area (TPSA) is 106 Å². The van der Waals surface area contributed by atoms with Crippen LogP contribution in [-0.2, 0) is 9.59 Å². The van der Waals surface area contributed by atoms with Gasteiger partial charge in [0, 0.05) is 19.2 Å². The van der Waals surface area contributed by atoms with Gasteiger partial charge in [-0.15, -0.1) is 0 Å². The Labute approximate surface area is 138 Å². The van der Waals surface area contributed by atoms with Gasteiger partial charge in [0.1, 0.15) is 6.54 Å². The highest BCUT2D eigenvalue weighted by Gasteiger charge is 2.39. The second-order valence-corrected chi connectivity index (χ2v) is 5.78. The number of nitro groups is 1. The number of carbonyl (C=O) groups excluding carboxylic acids is 2. The van der Waals surface area contributed by atoms with E-state index in [1.54, 1.807) is 11.8 Å². The molecule has 1 unspecified atom stereocenters. The summed E-state index contributed by atoms with van der Waals surface area (Å²) >= 11 is 0. The third-order valence-corrected chi connectivity index (χ3v) is 4.20. The van der Waals surface area contributed by atoms with Gasteiger partial charge >= 0.3 is 5.82 Å². The van der Waals surface area contributed by atoms with Crippen molar-refractivity contribution in [2.24, 2.45) is 0 Å². The third kappa shape index (κ3) is 2.89. The van der Waals surface area contributed by atoms with Crippen molar-refractivity contribution in [2.45, 2.75) is 32.3 Å². The lowest BCUT2D eigenvalue weighted by Gasteiger charge is -2.31. The number of hydrogen-bond donors (Lipinski definition) is 0. The van der Waals surface area contributed by atoms with Crippen LogP contribution in [0, 0.1) is 10.1 Å². The molecule has 2 aliphatic rings. The van der Waals surface area contributed by atoms with Crippen molar-refractivity contribution in [3.8, 4) is 5.75 Å². The molecule has 0 aliphatic carbocycles. The molecular weight excluding hydrogens is 316 g/mol. The standard InChI is InChI=1S/C15H18N4O5/c1-2-10-15(21)18(9-13(20)17-7-3-4-8-17)14-11(24-10)5-6-12(16-14)19(22)23/h5-6,10H,2-4,7-9H2,1H3. The van der Waals surface area contributed by atoms with Crippen LogP contribution in [0.3, 0.4) is 0 Å². The molecular formula is C15H18N4O5. The molecule has 0 spiro atoms. The number of carbonyl (C=O) groups is 2. The lowest BCUT2D eigenvalue weighted by atomic mass is 10.2. The fourth-order valence-electron chi connectivity index (χ4n) is 2.91. The first kappa shape index (κ1) is 16.2. The molecule has 24 heavy (non-hydrogen) atoms. The monoisotopic (exact) mass is 334 g/mol. The van der Waals surface area contributed by atoms with Crippen molar-refractivity contribution in [2.75, 3.05) is 24.5 Å². The number of rotatable bonds is 4. The van der Waals surface area contributed by atoms with Gasteiger partial charge in [0.2, 0.25) is 5.91 Å². The van der Waals surface area contributed by atoms with Crippen LogP contribution >= 0.6 is 0 Å². The molecule has 3 heterocycles. The quantitative estimate of drug-likeness (QED) is 0.603. The molecule has 1 atom stereocenters. The molecule has 2 amide bonds. The molecule has 1 fully saturated rings. The van der Waals surface area contributed by atoms with Crippen LogP contribution in [0.5, 0.6) is 5.75 Å². The normalized spacial score (nSPS) is 19.9. The Morgan fingerprint density at radius 3 is 2.75 bits per heavy atom. The second kappa shape index (κ2) is 6.42. The summed E-state index contributed by atoms with van der Waals surface area (Å²) in [6.07, 6.45) is 1.61. The molecule has 0 aromatic carbocycles. The number of ether oxygens (including phenoxy) is 1. The van der Waals surface area contributed by atoms with E-state index in [9.17, 15) is 19.7 Å². The first-order chi connectivity index (χ1) is 11.5. The molecule has 3 rings (SSSR count). The number of likely N-dealkylation sites (tertiary alicyclic amines) is 1. The van der Waals surface area contributed by atoms with Gasteiger partial charge in [-0.05, 0) is 35.2 Å². The minimum absolute atomic E-state index is 0.0337. The highest BCUT2D eigenvalue weighted by molar-refractivity contribution is 6.03. The van der Waals surface area contributed by atoms with Crippen LogP contribution in [-0.4, -0.2) is 52.4 Å². The Hall–Kier alpha value is -2.71. The Morgan fingerprint density at radius 2 is 2.12 bits per heavy atom. The fourth-order valence-corrected chi connectivity index (χ4v) is 2.91. The average Bonchev–Trinajstić information content (AvgIpc) is 3.11. The van der Waals surface area contributed by atoms with Gasteiger partial charge in [0.15, 0.2) is 11.9 Å². The van der Waals surface area contributed by atoms with Gasteiger partial charge in [0.25, 0.3) is 11.7 Å². The van der Waals surface area contributed by atoms with Crippen molar-refractivity contribution in [1.29, 1.82) is 0 Å². The zero-order chi connectivity index (χ0) is 17.3. The molecule has 0 N–H and O–H groups in total. The third-order valence-electron chi connectivity index (χ3n) is 4.20. The molecule has 0 bridgehead atoms. The molecule has 0 saturated carbocycles. The van der Waals surface area contributed by atoms with E-state index in [4.69, 9.17) is 4.74 Å². The summed E-state index contributed by atoms with van der Waals surface area (Å²) in [5.41, 5.74) is 0. The van der Waals surface area contributed by atoms with E-state index in [0.29, 0.717) is 19.5 Å². The first-order valence-electron chi connectivity index (χ1n) is 7.92. The maximum absolute atomic E-state index is 12.6. The van der Waals surface area contributed by atoms with Gasteiger partial charge in [0.05, 0.1) is 0 Å². The van der Waals surface area contributed by atoms with Crippen molar-refractivity contribution in [3.63, 3.8) is 0 Å². The van der Waals surface area contributed by atoms with E-state index in [2.05, 4.69) is 4.98 Å². The number of fused-ring (bicyclic) bond motifs is 1. The Morgan fingerprint density at radius 1 is 1.42 bits per heavy atom. The molecule has 128 valence electrons. The molecule has 1 aromatic rings. The lowest BCUT2D eigenvalue weighted by Crippen LogP contribution is -2.50. The minimum atomic E-state index is -0.716. The van der Waals surface area contributed by atoms with E-state index >= 15 is 0 Å². The Kier molecular flexibility index (Phi) is 4.32. The van der Waals surface area contributed by atoms with Crippen molar-refractivity contribution in [3.05, 3.63) is 22.2 Å². The highest BCUT2D eigenvalue weighted by Crippen LogP contribution is 2.34. The molecule has 0 radical (unpaired) electrons. The van der Waals surface area contributed by atoms with Crippen molar-refractivity contribution >= 4 is 23.5 Å². The second-order valence-electron chi connectivity index (χ2n) is 5.78. The highest BCUT2D eigenvalue weighted by atomic mass is 16.6. The van der Waals surface area contributed by atoms with E-state index in [0.717, 1.165) is 12.8 Å². The number of nitrogens with zero attached hydrogens (tertiary/aromatic N) is 4. The number of aromatic nitrogens is 1. The van der Waals surface area contributed by atoms with Crippen LogP contribution < -0.4 is 9.64 Å². The molecule has 1 saturated heterocycles. The maximum Gasteiger partial charge on any atom is 0.366 e. The van der Waals surface area contributed by atoms with Crippen molar-refractivity contribution in [1.82, 2.24) is 9.88 Å². The first-order valence-corrected chi connectivity index (χ1v) is 7.92. The zero-order valence-corrected chi connectivity index (χ0v) is 13.3. The Bertz CT molecular complexity index is 686. The fraction of sp³-hybridized carbons (Fsp3) is 0.533. The van der Waals surface area contributed by atoms with E-state index in [1.807, 2.05) is 0 Å². The molecule has 2 aliphatic heterocycles. The molecule has 9 nitrogen and oxygen atoms in total. The summed E-state index contributed by atoms with van der Waals surface area (Å²) in [6, 6.07) is 2.64. The van der Waals surface area contributed by atoms with Gasteiger partial charge in [-0.2, -0.15) is 0 Å². The zero-order valence-electron chi connectivity index (χ0n) is 13.3. The number of anilines is 1. The Balaban J connectivity index is 1.93. The number of amides is 2. The van der Waals surface area contributed by atoms with Crippen molar-refractivity contribution < 1.29 is 19.2 Å².